The normalized spacial score (nSPS) is 27.9. The second kappa shape index (κ2) is 7.72. The summed E-state index contributed by atoms with van der Waals surface area (Å²) in [7, 11) is 5.55. The fourth-order valence-electron chi connectivity index (χ4n) is 5.67. The number of quaternary nitrogens is 1. The Morgan fingerprint density at radius 3 is 2.61 bits per heavy atom. The maximum atomic E-state index is 12.7. The number of nitrogens with zero attached hydrogens (tertiary/aromatic N) is 5. The van der Waals surface area contributed by atoms with Crippen LogP contribution in [0, 0.1) is 0 Å². The Morgan fingerprint density at radius 2 is 1.94 bits per heavy atom. The Hall–Kier alpha value is -2.23. The maximum Gasteiger partial charge on any atom is 0.332 e. The summed E-state index contributed by atoms with van der Waals surface area (Å²) < 4.78 is 11.8. The molecule has 0 saturated carbocycles. The van der Waals surface area contributed by atoms with Crippen molar-refractivity contribution in [2.75, 3.05) is 13.6 Å². The van der Waals surface area contributed by atoms with E-state index in [1.807, 2.05) is 4.57 Å². The van der Waals surface area contributed by atoms with Gasteiger partial charge in [0.1, 0.15) is 0 Å². The van der Waals surface area contributed by atoms with Crippen LogP contribution < -0.4 is 11.2 Å². The summed E-state index contributed by atoms with van der Waals surface area (Å²) in [6.45, 7) is 2.37. The van der Waals surface area contributed by atoms with Gasteiger partial charge in [-0.2, -0.15) is 11.3 Å². The van der Waals surface area contributed by atoms with E-state index in [4.69, 9.17) is 4.74 Å². The maximum absolute atomic E-state index is 12.7. The highest BCUT2D eigenvalue weighted by Gasteiger charge is 2.51. The van der Waals surface area contributed by atoms with Crippen molar-refractivity contribution < 1.29 is 9.22 Å². The third-order valence-corrected chi connectivity index (χ3v) is 8.41. The minimum absolute atomic E-state index is 0.276. The van der Waals surface area contributed by atoms with Crippen LogP contribution in [0.3, 0.4) is 0 Å². The molecule has 2 saturated heterocycles. The number of aromatic nitrogens is 4. The van der Waals surface area contributed by atoms with Gasteiger partial charge in [-0.15, -0.1) is 0 Å². The number of likely N-dealkylation sites (N-methyl/N-ethyl adjacent to an activating group) is 1. The molecule has 0 aliphatic carbocycles. The van der Waals surface area contributed by atoms with Crippen molar-refractivity contribution in [2.45, 2.75) is 57.0 Å². The highest BCUT2D eigenvalue weighted by atomic mass is 32.1. The van der Waals surface area contributed by atoms with Gasteiger partial charge in [0.15, 0.2) is 11.2 Å². The van der Waals surface area contributed by atoms with Crippen LogP contribution in [0.2, 0.25) is 0 Å². The molecule has 2 fully saturated rings. The summed E-state index contributed by atoms with van der Waals surface area (Å²) in [5, 5.41) is 4.26. The molecule has 2 atom stereocenters. The topological polar surface area (TPSA) is 71.0 Å². The zero-order valence-electron chi connectivity index (χ0n) is 18.4. The molecule has 2 aliphatic rings. The summed E-state index contributed by atoms with van der Waals surface area (Å²) >= 11 is 1.72. The van der Waals surface area contributed by atoms with Gasteiger partial charge >= 0.3 is 5.69 Å². The monoisotopic (exact) mass is 444 g/mol. The average Bonchev–Trinajstić information content (AvgIpc) is 3.45. The second-order valence-corrected chi connectivity index (χ2v) is 10.1. The molecule has 9 heteroatoms. The third kappa shape index (κ3) is 3.39. The van der Waals surface area contributed by atoms with Crippen LogP contribution >= 0.6 is 11.3 Å². The van der Waals surface area contributed by atoms with E-state index in [-0.39, 0.29) is 11.2 Å². The predicted molar refractivity (Wildman–Crippen MR) is 120 cm³/mol. The van der Waals surface area contributed by atoms with E-state index in [1.54, 1.807) is 24.7 Å². The van der Waals surface area contributed by atoms with E-state index >= 15 is 0 Å². The SMILES string of the molecule is Cn1c(=O)c2c(ncn2CC[N+]2(C)C3CCC2CC(OCc2ccsc2)C3)n(C)c1=O. The van der Waals surface area contributed by atoms with Gasteiger partial charge in [0, 0.05) is 39.8 Å². The van der Waals surface area contributed by atoms with Crippen LogP contribution in [-0.4, -0.2) is 54.9 Å². The highest BCUT2D eigenvalue weighted by molar-refractivity contribution is 7.07. The molecular weight excluding hydrogens is 414 g/mol. The van der Waals surface area contributed by atoms with Gasteiger partial charge in [-0.3, -0.25) is 13.9 Å². The number of thiophene rings is 1. The molecule has 0 amide bonds. The Labute approximate surface area is 184 Å². The Kier molecular flexibility index (Phi) is 5.15. The summed E-state index contributed by atoms with van der Waals surface area (Å²) in [5.74, 6) is 0. The van der Waals surface area contributed by atoms with Gasteiger partial charge in [0.2, 0.25) is 0 Å². The highest BCUT2D eigenvalue weighted by Crippen LogP contribution is 2.42. The van der Waals surface area contributed by atoms with E-state index in [2.05, 4.69) is 28.9 Å². The van der Waals surface area contributed by atoms with Crippen molar-refractivity contribution in [3.05, 3.63) is 49.6 Å². The van der Waals surface area contributed by atoms with Crippen LogP contribution in [0.1, 0.15) is 31.2 Å². The second-order valence-electron chi connectivity index (χ2n) is 9.31. The molecule has 166 valence electrons. The van der Waals surface area contributed by atoms with Crippen molar-refractivity contribution in [1.29, 1.82) is 0 Å². The number of hydrogen-bond acceptors (Lipinski definition) is 5. The lowest BCUT2D eigenvalue weighted by molar-refractivity contribution is -0.950. The van der Waals surface area contributed by atoms with Crippen LogP contribution in [0.25, 0.3) is 11.2 Å². The molecule has 31 heavy (non-hydrogen) atoms. The number of ether oxygens (including phenoxy) is 1. The molecule has 8 nitrogen and oxygen atoms in total. The lowest BCUT2D eigenvalue weighted by atomic mass is 9.96. The molecule has 0 N–H and O–H groups in total. The van der Waals surface area contributed by atoms with E-state index < -0.39 is 0 Å². The average molecular weight is 445 g/mol. The number of rotatable bonds is 6. The van der Waals surface area contributed by atoms with Crippen LogP contribution in [0.4, 0.5) is 0 Å². The molecular formula is C22H30N5O3S+. The Morgan fingerprint density at radius 1 is 1.19 bits per heavy atom. The molecule has 2 unspecified atom stereocenters. The molecule has 2 aliphatic heterocycles. The van der Waals surface area contributed by atoms with Crippen molar-refractivity contribution in [3.63, 3.8) is 0 Å². The zero-order valence-corrected chi connectivity index (χ0v) is 19.2. The van der Waals surface area contributed by atoms with E-state index in [9.17, 15) is 9.59 Å². The molecule has 0 spiro atoms. The lowest BCUT2D eigenvalue weighted by Crippen LogP contribution is -2.59. The Balaban J connectivity index is 1.31. The molecule has 2 bridgehead atoms. The van der Waals surface area contributed by atoms with Gasteiger partial charge in [-0.25, -0.2) is 9.78 Å². The third-order valence-electron chi connectivity index (χ3n) is 7.68. The van der Waals surface area contributed by atoms with Gasteiger partial charge in [-0.1, -0.05) is 0 Å². The van der Waals surface area contributed by atoms with Gasteiger partial charge in [-0.05, 0) is 22.4 Å². The van der Waals surface area contributed by atoms with Gasteiger partial charge in [0.25, 0.3) is 5.56 Å². The fourth-order valence-corrected chi connectivity index (χ4v) is 6.33. The van der Waals surface area contributed by atoms with Crippen LogP contribution in [0.5, 0.6) is 0 Å². The minimum atomic E-state index is -0.343. The molecule has 0 radical (unpaired) electrons. The van der Waals surface area contributed by atoms with E-state index in [0.29, 0.717) is 42.5 Å². The predicted octanol–water partition coefficient (Wildman–Crippen LogP) is 1.85. The smallest absolute Gasteiger partial charge is 0.332 e. The van der Waals surface area contributed by atoms with E-state index in [0.717, 1.165) is 28.4 Å². The number of fused-ring (bicyclic) bond motifs is 3. The first-order valence-corrected chi connectivity index (χ1v) is 11.9. The molecule has 5 rings (SSSR count). The quantitative estimate of drug-likeness (QED) is 0.544. The molecule has 0 aromatic carbocycles. The van der Waals surface area contributed by atoms with Crippen molar-refractivity contribution in [2.24, 2.45) is 14.1 Å². The first-order valence-electron chi connectivity index (χ1n) is 11.0. The van der Waals surface area contributed by atoms with Gasteiger partial charge in [0.05, 0.1) is 51.3 Å². The largest absolute Gasteiger partial charge is 0.373 e. The first-order chi connectivity index (χ1) is 14.9. The van der Waals surface area contributed by atoms with E-state index in [1.165, 1.54) is 30.0 Å². The van der Waals surface area contributed by atoms with Crippen molar-refractivity contribution >= 4 is 22.5 Å². The zero-order chi connectivity index (χ0) is 21.8. The van der Waals surface area contributed by atoms with Gasteiger partial charge < -0.3 is 13.8 Å². The van der Waals surface area contributed by atoms with Crippen LogP contribution in [-0.2, 0) is 32.0 Å². The number of imidazole rings is 1. The number of piperidine rings is 1. The summed E-state index contributed by atoms with van der Waals surface area (Å²) in [5.41, 5.74) is 1.62. The minimum Gasteiger partial charge on any atom is -0.373 e. The summed E-state index contributed by atoms with van der Waals surface area (Å²) in [4.78, 5) is 29.3. The summed E-state index contributed by atoms with van der Waals surface area (Å²) in [6.07, 6.45) is 6.70. The fraction of sp³-hybridized carbons (Fsp3) is 0.591. The Bertz CT molecular complexity index is 1190. The lowest BCUT2D eigenvalue weighted by Gasteiger charge is -2.47. The van der Waals surface area contributed by atoms with Crippen LogP contribution in [0.15, 0.2) is 32.7 Å². The van der Waals surface area contributed by atoms with Crippen molar-refractivity contribution in [1.82, 2.24) is 18.7 Å². The summed E-state index contributed by atoms with van der Waals surface area (Å²) in [6, 6.07) is 3.32. The number of hydrogen-bond donors (Lipinski definition) is 0. The number of aryl methyl sites for hydroxylation is 1. The van der Waals surface area contributed by atoms with Crippen molar-refractivity contribution in [3.8, 4) is 0 Å². The standard InChI is InChI=1S/C22H30N5O3S/c1-24-20-19(21(28)25(2)22(24)29)26(14-23-20)7-8-27(3)16-4-5-17(27)11-18(10-16)30-12-15-6-9-31-13-15/h6,9,13-14,16-18H,4-5,7-8,10-12H2,1-3H3/q+1. The molecule has 3 aromatic heterocycles. The molecule has 5 heterocycles. The molecule has 3 aromatic rings. The first kappa shape index (κ1) is 20.7.